The van der Waals surface area contributed by atoms with Gasteiger partial charge in [-0.3, -0.25) is 0 Å². The summed E-state index contributed by atoms with van der Waals surface area (Å²) in [5, 5.41) is 3.19. The van der Waals surface area contributed by atoms with E-state index in [0.717, 1.165) is 15.2 Å². The second kappa shape index (κ2) is 5.05. The van der Waals surface area contributed by atoms with Gasteiger partial charge in [-0.25, -0.2) is 4.98 Å². The third-order valence-electron chi connectivity index (χ3n) is 1.76. The van der Waals surface area contributed by atoms with Crippen molar-refractivity contribution < 1.29 is 17.0 Å². The summed E-state index contributed by atoms with van der Waals surface area (Å²) in [5.74, 6) is 0. The van der Waals surface area contributed by atoms with Crippen LogP contribution in [0.15, 0.2) is 34.1 Å². The van der Waals surface area contributed by atoms with Crippen LogP contribution in [0.4, 0.5) is 0 Å². The molecule has 0 aliphatic heterocycles. The normalized spacial score (nSPS) is 9.57. The monoisotopic (exact) mass is 332 g/mol. The second-order valence-corrected chi connectivity index (χ2v) is 4.74. The lowest BCUT2D eigenvalue weighted by atomic mass is 10.2. The van der Waals surface area contributed by atoms with E-state index in [9.17, 15) is 0 Å². The molecule has 1 nitrogen and oxygen atoms in total. The fourth-order valence-corrected chi connectivity index (χ4v) is 2.00. The molecular weight excluding hydrogens is 326 g/mol. The molecule has 0 fully saturated rings. The third-order valence-corrected chi connectivity index (χ3v) is 3.06. The second-order valence-electron chi connectivity index (χ2n) is 2.76. The summed E-state index contributed by atoms with van der Waals surface area (Å²) >= 11 is 5.09. The zero-order valence-corrected chi connectivity index (χ0v) is 11.5. The van der Waals surface area contributed by atoms with Crippen molar-refractivity contribution in [3.05, 3.63) is 39.1 Å². The van der Waals surface area contributed by atoms with E-state index in [1.807, 2.05) is 19.1 Å². The summed E-state index contributed by atoms with van der Waals surface area (Å²) in [6, 6.07) is 8.20. The minimum atomic E-state index is 0. The first-order chi connectivity index (χ1) is 6.25. The Balaban J connectivity index is 0.000000980. The fraction of sp³-hybridized carbons (Fsp3) is 0.100. The van der Waals surface area contributed by atoms with Gasteiger partial charge >= 0.3 is 0 Å². The number of nitrogens with zero attached hydrogens (tertiary/aromatic N) is 1. The Kier molecular flexibility index (Phi) is 4.29. The molecule has 0 atom stereocenters. The van der Waals surface area contributed by atoms with E-state index in [4.69, 9.17) is 0 Å². The Hall–Kier alpha value is -0.190. The number of rotatable bonds is 1. The highest BCUT2D eigenvalue weighted by atomic mass is 79.9. The van der Waals surface area contributed by atoms with Crippen LogP contribution in [0, 0.1) is 6.92 Å². The maximum atomic E-state index is 4.41. The Bertz CT molecular complexity index is 408. The molecule has 0 saturated heterocycles. The molecule has 1 heterocycles. The van der Waals surface area contributed by atoms with Crippen molar-refractivity contribution in [1.82, 2.24) is 4.98 Å². The summed E-state index contributed by atoms with van der Waals surface area (Å²) < 4.78 is 1.10. The van der Waals surface area contributed by atoms with Crippen molar-refractivity contribution in [2.24, 2.45) is 0 Å². The molecule has 0 unspecified atom stereocenters. The predicted octanol–water partition coefficient (Wildman–Crippen LogP) is 0.885. The average Bonchev–Trinajstić information content (AvgIpc) is 2.53. The lowest BCUT2D eigenvalue weighted by molar-refractivity contribution is -0.00000253. The number of hydrogen-bond donors (Lipinski definition) is 0. The number of benzene rings is 1. The molecule has 4 heteroatoms. The van der Waals surface area contributed by atoms with Crippen LogP contribution < -0.4 is 17.0 Å². The van der Waals surface area contributed by atoms with Crippen LogP contribution in [0.5, 0.6) is 0 Å². The van der Waals surface area contributed by atoms with Gasteiger partial charge in [0.2, 0.25) is 0 Å². The van der Waals surface area contributed by atoms with Gasteiger partial charge < -0.3 is 17.0 Å². The fourth-order valence-electron chi connectivity index (χ4n) is 1.12. The maximum absolute atomic E-state index is 4.41. The molecule has 0 radical (unpaired) electrons. The molecule has 1 aromatic carbocycles. The zero-order valence-electron chi connectivity index (χ0n) is 7.50. The number of aromatic nitrogens is 1. The average molecular weight is 334 g/mol. The van der Waals surface area contributed by atoms with Gasteiger partial charge in [0.1, 0.15) is 0 Å². The van der Waals surface area contributed by atoms with Gasteiger partial charge in [-0.2, -0.15) is 0 Å². The van der Waals surface area contributed by atoms with Gasteiger partial charge in [0, 0.05) is 15.4 Å². The van der Waals surface area contributed by atoms with E-state index < -0.39 is 0 Å². The van der Waals surface area contributed by atoms with Crippen LogP contribution in [0.2, 0.25) is 0 Å². The minimum Gasteiger partial charge on any atom is -1.00 e. The van der Waals surface area contributed by atoms with Crippen molar-refractivity contribution in [3.63, 3.8) is 0 Å². The number of hydrogen-bond acceptors (Lipinski definition) is 2. The van der Waals surface area contributed by atoms with Crippen LogP contribution in [-0.2, 0) is 0 Å². The summed E-state index contributed by atoms with van der Waals surface area (Å²) in [4.78, 5) is 4.41. The summed E-state index contributed by atoms with van der Waals surface area (Å²) in [7, 11) is 0. The van der Waals surface area contributed by atoms with Crippen molar-refractivity contribution >= 4 is 27.3 Å². The van der Waals surface area contributed by atoms with Crippen LogP contribution in [0.25, 0.3) is 11.3 Å². The van der Waals surface area contributed by atoms with Crippen LogP contribution >= 0.6 is 27.3 Å². The highest BCUT2D eigenvalue weighted by Crippen LogP contribution is 2.22. The van der Waals surface area contributed by atoms with Crippen molar-refractivity contribution in [2.45, 2.75) is 6.92 Å². The molecular formula is C10H8Br2NS-. The molecule has 0 spiro atoms. The molecule has 2 aromatic rings. The van der Waals surface area contributed by atoms with E-state index in [1.165, 1.54) is 5.56 Å². The van der Waals surface area contributed by atoms with Gasteiger partial charge in [-0.15, -0.1) is 11.3 Å². The van der Waals surface area contributed by atoms with Crippen LogP contribution in [0.3, 0.4) is 0 Å². The van der Waals surface area contributed by atoms with Crippen LogP contribution in [0.1, 0.15) is 5.01 Å². The summed E-state index contributed by atoms with van der Waals surface area (Å²) in [6.07, 6.45) is 0. The third kappa shape index (κ3) is 2.65. The first-order valence-electron chi connectivity index (χ1n) is 3.94. The molecule has 0 aliphatic rings. The first kappa shape index (κ1) is 11.9. The Morgan fingerprint density at radius 1 is 1.21 bits per heavy atom. The summed E-state index contributed by atoms with van der Waals surface area (Å²) in [5.41, 5.74) is 2.24. The van der Waals surface area contributed by atoms with Crippen LogP contribution in [-0.4, -0.2) is 4.98 Å². The smallest absolute Gasteiger partial charge is 0.0901 e. The van der Waals surface area contributed by atoms with Gasteiger partial charge in [-0.05, 0) is 19.1 Å². The van der Waals surface area contributed by atoms with Gasteiger partial charge in [0.25, 0.3) is 0 Å². The number of thiazole rings is 1. The number of aryl methyl sites for hydroxylation is 1. The lowest BCUT2D eigenvalue weighted by Gasteiger charge is -1.95. The molecule has 2 rings (SSSR count). The SMILES string of the molecule is Cc1nc(-c2ccc(Br)cc2)cs1.[Br-]. The Morgan fingerprint density at radius 3 is 2.36 bits per heavy atom. The van der Waals surface area contributed by atoms with Crippen molar-refractivity contribution in [1.29, 1.82) is 0 Å². The number of halogens is 2. The van der Waals surface area contributed by atoms with Gasteiger partial charge in [0.15, 0.2) is 0 Å². The standard InChI is InChI=1S/C10H8BrNS.BrH/c1-7-12-10(6-13-7)8-2-4-9(11)5-3-8;/h2-6H,1H3;1H/p-1. The van der Waals surface area contributed by atoms with Gasteiger partial charge in [0.05, 0.1) is 10.7 Å². The highest BCUT2D eigenvalue weighted by Gasteiger charge is 2.00. The Labute approximate surface area is 106 Å². The maximum Gasteiger partial charge on any atom is 0.0901 e. The molecule has 0 amide bonds. The minimum absolute atomic E-state index is 0. The van der Waals surface area contributed by atoms with Crippen molar-refractivity contribution in [2.75, 3.05) is 0 Å². The highest BCUT2D eigenvalue weighted by molar-refractivity contribution is 9.10. The molecule has 74 valence electrons. The van der Waals surface area contributed by atoms with E-state index in [0.29, 0.717) is 0 Å². The van der Waals surface area contributed by atoms with E-state index >= 15 is 0 Å². The van der Waals surface area contributed by atoms with Crippen molar-refractivity contribution in [3.8, 4) is 11.3 Å². The van der Waals surface area contributed by atoms with E-state index in [1.54, 1.807) is 11.3 Å². The van der Waals surface area contributed by atoms with Gasteiger partial charge in [-0.1, -0.05) is 28.1 Å². The predicted molar refractivity (Wildman–Crippen MR) is 60.0 cm³/mol. The lowest BCUT2D eigenvalue weighted by Crippen LogP contribution is -3.00. The molecule has 1 aromatic heterocycles. The first-order valence-corrected chi connectivity index (χ1v) is 5.61. The zero-order chi connectivity index (χ0) is 9.26. The molecule has 14 heavy (non-hydrogen) atoms. The topological polar surface area (TPSA) is 12.9 Å². The summed E-state index contributed by atoms with van der Waals surface area (Å²) in [6.45, 7) is 2.02. The largest absolute Gasteiger partial charge is 1.00 e. The molecule has 0 saturated carbocycles. The molecule has 0 bridgehead atoms. The van der Waals surface area contributed by atoms with E-state index in [-0.39, 0.29) is 17.0 Å². The Morgan fingerprint density at radius 2 is 1.86 bits per heavy atom. The van der Waals surface area contributed by atoms with E-state index in [2.05, 4.69) is 38.4 Å². The molecule has 0 aliphatic carbocycles. The quantitative estimate of drug-likeness (QED) is 0.755. The molecule has 0 N–H and O–H groups in total.